The number of hydrogen-bond acceptors (Lipinski definition) is 9. The summed E-state index contributed by atoms with van der Waals surface area (Å²) in [6, 6.07) is 14.4. The first-order valence-corrected chi connectivity index (χ1v) is 14.7. The SMILES string of the molecule is C=CC(=O)N1CCN(c2nc(OC[C@H]3CCCN3C)nc3c2CCN(c2cc(O)cc4ccccc24)C3)C[C@@H]1CC#N. The van der Waals surface area contributed by atoms with Crippen molar-refractivity contribution in [1.29, 1.82) is 5.26 Å². The molecule has 218 valence electrons. The number of likely N-dealkylation sites (N-methyl/N-ethyl adjacent to an activating group) is 1. The summed E-state index contributed by atoms with van der Waals surface area (Å²) >= 11 is 0. The lowest BCUT2D eigenvalue weighted by atomic mass is 10.0. The third-order valence-electron chi connectivity index (χ3n) is 8.83. The summed E-state index contributed by atoms with van der Waals surface area (Å²) < 4.78 is 6.26. The van der Waals surface area contributed by atoms with Crippen LogP contribution in [0.15, 0.2) is 49.1 Å². The maximum absolute atomic E-state index is 12.5. The molecule has 1 aromatic heterocycles. The molecule has 3 aliphatic heterocycles. The molecule has 2 fully saturated rings. The summed E-state index contributed by atoms with van der Waals surface area (Å²) in [5.74, 6) is 0.903. The number of likely N-dealkylation sites (tertiary alicyclic amines) is 1. The Morgan fingerprint density at radius 2 is 2.02 bits per heavy atom. The Hall–Kier alpha value is -4.36. The van der Waals surface area contributed by atoms with Gasteiger partial charge in [0.25, 0.3) is 0 Å². The highest BCUT2D eigenvalue weighted by Gasteiger charge is 2.33. The Labute approximate surface area is 246 Å². The van der Waals surface area contributed by atoms with Crippen LogP contribution in [0.3, 0.4) is 0 Å². The van der Waals surface area contributed by atoms with Crippen molar-refractivity contribution in [3.8, 4) is 17.8 Å². The number of anilines is 2. The van der Waals surface area contributed by atoms with Crippen LogP contribution in [0.2, 0.25) is 0 Å². The van der Waals surface area contributed by atoms with Gasteiger partial charge in [-0.1, -0.05) is 30.8 Å². The van der Waals surface area contributed by atoms with E-state index in [-0.39, 0.29) is 24.1 Å². The average molecular weight is 568 g/mol. The van der Waals surface area contributed by atoms with E-state index in [2.05, 4.69) is 40.5 Å². The second-order valence-corrected chi connectivity index (χ2v) is 11.4. The maximum Gasteiger partial charge on any atom is 0.318 e. The van der Waals surface area contributed by atoms with E-state index in [1.165, 1.54) is 6.08 Å². The smallest absolute Gasteiger partial charge is 0.318 e. The number of nitriles is 1. The Morgan fingerprint density at radius 1 is 1.17 bits per heavy atom. The molecule has 3 aromatic rings. The third kappa shape index (κ3) is 5.44. The fraction of sp³-hybridized carbons (Fsp3) is 0.438. The van der Waals surface area contributed by atoms with E-state index in [9.17, 15) is 15.2 Å². The summed E-state index contributed by atoms with van der Waals surface area (Å²) in [5, 5.41) is 22.1. The van der Waals surface area contributed by atoms with Gasteiger partial charge in [0.05, 0.1) is 30.8 Å². The molecule has 10 nitrogen and oxygen atoms in total. The summed E-state index contributed by atoms with van der Waals surface area (Å²) in [4.78, 5) is 30.9. The molecule has 1 N–H and O–H groups in total. The molecular weight excluding hydrogens is 530 g/mol. The van der Waals surface area contributed by atoms with Crippen molar-refractivity contribution in [3.05, 3.63) is 60.3 Å². The van der Waals surface area contributed by atoms with Crippen LogP contribution in [0.25, 0.3) is 10.8 Å². The molecule has 3 aliphatic rings. The highest BCUT2D eigenvalue weighted by atomic mass is 16.5. The van der Waals surface area contributed by atoms with Crippen LogP contribution in [0.5, 0.6) is 11.8 Å². The molecule has 0 unspecified atom stereocenters. The summed E-state index contributed by atoms with van der Waals surface area (Å²) in [5.41, 5.74) is 2.94. The number of fused-ring (bicyclic) bond motifs is 2. The van der Waals surface area contributed by atoms with E-state index < -0.39 is 0 Å². The second kappa shape index (κ2) is 11.9. The Balaban J connectivity index is 1.34. The number of aromatic hydroxyl groups is 1. The number of amides is 1. The first kappa shape index (κ1) is 27.8. The monoisotopic (exact) mass is 567 g/mol. The lowest BCUT2D eigenvalue weighted by Gasteiger charge is -2.42. The fourth-order valence-electron chi connectivity index (χ4n) is 6.55. The van der Waals surface area contributed by atoms with Gasteiger partial charge in [-0.05, 0) is 50.4 Å². The molecule has 1 amide bonds. The maximum atomic E-state index is 12.5. The molecule has 2 saturated heterocycles. The van der Waals surface area contributed by atoms with Crippen LogP contribution >= 0.6 is 0 Å². The van der Waals surface area contributed by atoms with Gasteiger partial charge in [0.2, 0.25) is 5.91 Å². The lowest BCUT2D eigenvalue weighted by Crippen LogP contribution is -2.55. The number of rotatable bonds is 7. The van der Waals surface area contributed by atoms with Gasteiger partial charge in [-0.25, -0.2) is 0 Å². The zero-order valence-corrected chi connectivity index (χ0v) is 24.1. The number of phenolic OH excluding ortho intramolecular Hbond substituents is 1. The summed E-state index contributed by atoms with van der Waals surface area (Å²) in [6.07, 6.45) is 4.51. The highest BCUT2D eigenvalue weighted by molar-refractivity contribution is 5.95. The number of carbonyl (C=O) groups excluding carboxylic acids is 1. The van der Waals surface area contributed by atoms with Crippen LogP contribution in [0.4, 0.5) is 11.5 Å². The van der Waals surface area contributed by atoms with Crippen molar-refractivity contribution < 1.29 is 14.6 Å². The average Bonchev–Trinajstić information content (AvgIpc) is 3.42. The fourth-order valence-corrected chi connectivity index (χ4v) is 6.55. The first-order chi connectivity index (χ1) is 20.4. The van der Waals surface area contributed by atoms with Gasteiger partial charge >= 0.3 is 6.01 Å². The second-order valence-electron chi connectivity index (χ2n) is 11.4. The zero-order valence-electron chi connectivity index (χ0n) is 24.1. The minimum Gasteiger partial charge on any atom is -0.508 e. The van der Waals surface area contributed by atoms with Gasteiger partial charge in [0.15, 0.2) is 0 Å². The quantitative estimate of drug-likeness (QED) is 0.429. The van der Waals surface area contributed by atoms with E-state index in [1.807, 2.05) is 24.3 Å². The van der Waals surface area contributed by atoms with E-state index >= 15 is 0 Å². The molecule has 0 bridgehead atoms. The number of ether oxygens (including phenoxy) is 1. The molecule has 2 aromatic carbocycles. The van der Waals surface area contributed by atoms with E-state index in [0.717, 1.165) is 65.9 Å². The Bertz CT molecular complexity index is 1540. The van der Waals surface area contributed by atoms with Crippen molar-refractivity contribution in [2.75, 3.05) is 56.2 Å². The molecular formula is C32H37N7O3. The number of benzene rings is 2. The first-order valence-electron chi connectivity index (χ1n) is 14.7. The third-order valence-corrected chi connectivity index (χ3v) is 8.83. The van der Waals surface area contributed by atoms with Crippen LogP contribution in [0, 0.1) is 11.3 Å². The predicted molar refractivity (Wildman–Crippen MR) is 162 cm³/mol. The zero-order chi connectivity index (χ0) is 29.2. The molecule has 6 rings (SSSR count). The lowest BCUT2D eigenvalue weighted by molar-refractivity contribution is -0.128. The number of hydrogen-bond donors (Lipinski definition) is 1. The topological polar surface area (TPSA) is 109 Å². The van der Waals surface area contributed by atoms with Gasteiger partial charge in [-0.15, -0.1) is 0 Å². The number of aromatic nitrogens is 2. The molecule has 42 heavy (non-hydrogen) atoms. The normalized spacial score (nSPS) is 20.8. The van der Waals surface area contributed by atoms with Crippen LogP contribution in [-0.4, -0.2) is 89.2 Å². The highest BCUT2D eigenvalue weighted by Crippen LogP contribution is 2.37. The van der Waals surface area contributed by atoms with Crippen molar-refractivity contribution >= 4 is 28.2 Å². The van der Waals surface area contributed by atoms with Crippen molar-refractivity contribution in [2.24, 2.45) is 0 Å². The summed E-state index contributed by atoms with van der Waals surface area (Å²) in [7, 11) is 2.12. The van der Waals surface area contributed by atoms with E-state index in [4.69, 9.17) is 14.7 Å². The molecule has 0 spiro atoms. The number of nitrogens with zero attached hydrogens (tertiary/aromatic N) is 7. The van der Waals surface area contributed by atoms with Gasteiger partial charge in [0.1, 0.15) is 18.2 Å². The predicted octanol–water partition coefficient (Wildman–Crippen LogP) is 3.49. The van der Waals surface area contributed by atoms with E-state index in [1.54, 1.807) is 11.0 Å². The van der Waals surface area contributed by atoms with Crippen molar-refractivity contribution in [3.63, 3.8) is 0 Å². The largest absolute Gasteiger partial charge is 0.508 e. The van der Waals surface area contributed by atoms with Gasteiger partial charge in [0, 0.05) is 54.9 Å². The number of piperazine rings is 1. The standard InChI is InChI=1S/C32H37N7O3/c1-3-30(41)39-16-15-38(19-23(39)10-12-33)31-27-11-14-37(29-18-25(40)17-22-7-4-5-9-26(22)29)20-28(27)34-32(35-31)42-21-24-8-6-13-36(24)2/h3-5,7,9,17-18,23-24,40H,1,6,8,10-11,13-16,19-21H2,2H3/t23-,24+/m0/s1. The summed E-state index contributed by atoms with van der Waals surface area (Å²) in [6.45, 7) is 8.10. The molecule has 10 heteroatoms. The Morgan fingerprint density at radius 3 is 2.81 bits per heavy atom. The molecule has 0 radical (unpaired) electrons. The van der Waals surface area contributed by atoms with Gasteiger partial charge in [-0.3, -0.25) is 4.79 Å². The number of carbonyl (C=O) groups is 1. The molecule has 2 atom stereocenters. The molecule has 0 aliphatic carbocycles. The molecule has 0 saturated carbocycles. The minimum absolute atomic E-state index is 0.154. The number of phenols is 1. The van der Waals surface area contributed by atoms with Crippen molar-refractivity contribution in [2.45, 2.75) is 44.3 Å². The van der Waals surface area contributed by atoms with Crippen LogP contribution in [-0.2, 0) is 17.8 Å². The van der Waals surface area contributed by atoms with Crippen LogP contribution in [0.1, 0.15) is 30.5 Å². The van der Waals surface area contributed by atoms with Crippen molar-refractivity contribution in [1.82, 2.24) is 19.8 Å². The molecule has 4 heterocycles. The Kier molecular flexibility index (Phi) is 7.85. The van der Waals surface area contributed by atoms with Gasteiger partial charge < -0.3 is 29.4 Å². The minimum atomic E-state index is -0.255. The van der Waals surface area contributed by atoms with Crippen LogP contribution < -0.4 is 14.5 Å². The van der Waals surface area contributed by atoms with E-state index in [0.29, 0.717) is 44.8 Å². The van der Waals surface area contributed by atoms with Gasteiger partial charge in [-0.2, -0.15) is 15.2 Å².